The van der Waals surface area contributed by atoms with Crippen molar-refractivity contribution in [2.24, 2.45) is 11.8 Å². The standard InChI is InChI=1S/C35H50N2O.2ClH/c1-27-15-21-36(22-16-27)19-7-3-5-9-29-11-13-31-32-14-12-30(26-34(32)35(38)33(31)25-29)10-6-4-8-20-37-23-17-28(2)18-24-37;;/h11-14,25-28H,3-10,15-24H2,1-2H3;2*1H. The van der Waals surface area contributed by atoms with E-state index in [2.05, 4.69) is 60.0 Å². The van der Waals surface area contributed by atoms with E-state index in [0.29, 0.717) is 0 Å². The van der Waals surface area contributed by atoms with Crippen LogP contribution in [0.25, 0.3) is 11.1 Å². The predicted octanol–water partition coefficient (Wildman–Crippen LogP) is 8.63. The van der Waals surface area contributed by atoms with Crippen molar-refractivity contribution >= 4 is 30.6 Å². The minimum Gasteiger partial charge on any atom is -0.303 e. The molecule has 0 amide bonds. The largest absolute Gasteiger partial charge is 0.303 e. The summed E-state index contributed by atoms with van der Waals surface area (Å²) >= 11 is 0. The molecule has 0 unspecified atom stereocenters. The predicted molar refractivity (Wildman–Crippen MR) is 175 cm³/mol. The first-order chi connectivity index (χ1) is 18.6. The van der Waals surface area contributed by atoms with E-state index in [9.17, 15) is 4.79 Å². The summed E-state index contributed by atoms with van der Waals surface area (Å²) in [6.45, 7) is 12.4. The van der Waals surface area contributed by atoms with Crippen LogP contribution in [0.1, 0.15) is 105 Å². The summed E-state index contributed by atoms with van der Waals surface area (Å²) < 4.78 is 0. The fraction of sp³-hybridized carbons (Fsp3) is 0.629. The van der Waals surface area contributed by atoms with Crippen LogP contribution in [0.15, 0.2) is 36.4 Å². The minimum absolute atomic E-state index is 0. The van der Waals surface area contributed by atoms with Crippen LogP contribution in [0, 0.1) is 11.8 Å². The fourth-order valence-electron chi connectivity index (χ4n) is 6.74. The molecule has 2 heterocycles. The molecule has 2 aliphatic heterocycles. The zero-order valence-electron chi connectivity index (χ0n) is 25.0. The van der Waals surface area contributed by atoms with Gasteiger partial charge in [0.15, 0.2) is 5.78 Å². The molecule has 0 bridgehead atoms. The number of benzene rings is 2. The molecule has 2 aromatic rings. The van der Waals surface area contributed by atoms with Gasteiger partial charge < -0.3 is 9.80 Å². The highest BCUT2D eigenvalue weighted by Gasteiger charge is 2.27. The summed E-state index contributed by atoms with van der Waals surface area (Å²) in [5.74, 6) is 2.06. The lowest BCUT2D eigenvalue weighted by Crippen LogP contribution is -2.33. The molecular formula is C35H52Cl2N2O. The molecule has 2 aromatic carbocycles. The third-order valence-corrected chi connectivity index (χ3v) is 9.58. The Morgan fingerprint density at radius 1 is 0.575 bits per heavy atom. The monoisotopic (exact) mass is 586 g/mol. The number of rotatable bonds is 12. The van der Waals surface area contributed by atoms with Crippen molar-refractivity contribution in [2.45, 2.75) is 90.9 Å². The number of halogens is 2. The van der Waals surface area contributed by atoms with Crippen molar-refractivity contribution in [3.8, 4) is 11.1 Å². The third kappa shape index (κ3) is 8.81. The Morgan fingerprint density at radius 3 is 1.38 bits per heavy atom. The first-order valence-electron chi connectivity index (χ1n) is 15.8. The van der Waals surface area contributed by atoms with Gasteiger partial charge in [0.1, 0.15) is 0 Å². The molecule has 0 spiro atoms. The number of nitrogens with zero attached hydrogens (tertiary/aromatic N) is 2. The molecule has 3 aliphatic rings. The molecule has 0 radical (unpaired) electrons. The van der Waals surface area contributed by atoms with Gasteiger partial charge in [-0.1, -0.05) is 51.0 Å². The number of hydrogen-bond acceptors (Lipinski definition) is 3. The van der Waals surface area contributed by atoms with Crippen LogP contribution in [-0.4, -0.2) is 54.9 Å². The average molecular weight is 588 g/mol. The van der Waals surface area contributed by atoms with Crippen molar-refractivity contribution in [2.75, 3.05) is 39.3 Å². The van der Waals surface area contributed by atoms with Crippen molar-refractivity contribution in [1.29, 1.82) is 0 Å². The first kappa shape index (κ1) is 33.1. The lowest BCUT2D eigenvalue weighted by molar-refractivity contribution is 0.104. The number of hydrogen-bond donors (Lipinski definition) is 0. The second-order valence-corrected chi connectivity index (χ2v) is 12.8. The normalized spacial score (nSPS) is 18.2. The maximum absolute atomic E-state index is 13.3. The highest BCUT2D eigenvalue weighted by Crippen LogP contribution is 2.38. The number of piperidine rings is 2. The second-order valence-electron chi connectivity index (χ2n) is 12.8. The third-order valence-electron chi connectivity index (χ3n) is 9.58. The molecule has 222 valence electrons. The van der Waals surface area contributed by atoms with Gasteiger partial charge in [-0.2, -0.15) is 0 Å². The van der Waals surface area contributed by atoms with Gasteiger partial charge in [0.2, 0.25) is 0 Å². The maximum Gasteiger partial charge on any atom is 0.194 e. The number of fused-ring (bicyclic) bond motifs is 3. The highest BCUT2D eigenvalue weighted by molar-refractivity contribution is 6.21. The molecule has 3 nitrogen and oxygen atoms in total. The van der Waals surface area contributed by atoms with Gasteiger partial charge in [0, 0.05) is 11.1 Å². The number of carbonyl (C=O) groups excluding carboxylic acids is 1. The Hall–Kier alpha value is -1.39. The van der Waals surface area contributed by atoms with Crippen LogP contribution in [0.2, 0.25) is 0 Å². The van der Waals surface area contributed by atoms with Crippen molar-refractivity contribution in [3.63, 3.8) is 0 Å². The van der Waals surface area contributed by atoms with Gasteiger partial charge >= 0.3 is 0 Å². The first-order valence-corrected chi connectivity index (χ1v) is 15.8. The van der Waals surface area contributed by atoms with Crippen molar-refractivity contribution in [1.82, 2.24) is 9.80 Å². The summed E-state index contributed by atoms with van der Waals surface area (Å²) in [5, 5.41) is 0. The van der Waals surface area contributed by atoms with Crippen LogP contribution < -0.4 is 0 Å². The van der Waals surface area contributed by atoms with E-state index in [0.717, 1.165) is 46.9 Å². The molecule has 0 aromatic heterocycles. The molecular weight excluding hydrogens is 535 g/mol. The van der Waals surface area contributed by atoms with Crippen molar-refractivity contribution in [3.05, 3.63) is 58.7 Å². The Kier molecular flexibility index (Phi) is 13.5. The number of carbonyl (C=O) groups is 1. The van der Waals surface area contributed by atoms with Gasteiger partial charge in [-0.05, 0) is 150 Å². The quantitative estimate of drug-likeness (QED) is 0.198. The van der Waals surface area contributed by atoms with Gasteiger partial charge in [-0.3, -0.25) is 4.79 Å². The summed E-state index contributed by atoms with van der Waals surface area (Å²) in [5.41, 5.74) is 6.76. The van der Waals surface area contributed by atoms with Crippen LogP contribution in [0.4, 0.5) is 0 Å². The molecule has 0 atom stereocenters. The summed E-state index contributed by atoms with van der Waals surface area (Å²) in [6.07, 6.45) is 15.2. The van der Waals surface area contributed by atoms with Gasteiger partial charge in [0.05, 0.1) is 0 Å². The Bertz CT molecular complexity index is 988. The Balaban J connectivity index is 0.00000220. The number of unbranched alkanes of at least 4 members (excludes halogenated alkanes) is 4. The Morgan fingerprint density at radius 2 is 0.975 bits per heavy atom. The molecule has 2 saturated heterocycles. The average Bonchev–Trinajstić information content (AvgIpc) is 3.21. The SMILES string of the molecule is CC1CCN(CCCCCc2ccc3c(c2)C(=O)c2cc(CCCCCN4CCC(C)CC4)ccc2-3)CC1.Cl.Cl. The van der Waals surface area contributed by atoms with E-state index >= 15 is 0 Å². The van der Waals surface area contributed by atoms with Crippen LogP contribution in [0.3, 0.4) is 0 Å². The molecule has 5 heteroatoms. The summed E-state index contributed by atoms with van der Waals surface area (Å²) in [6, 6.07) is 13.3. The van der Waals surface area contributed by atoms with E-state index < -0.39 is 0 Å². The summed E-state index contributed by atoms with van der Waals surface area (Å²) in [7, 11) is 0. The second kappa shape index (κ2) is 16.3. The van der Waals surface area contributed by atoms with E-state index in [1.807, 2.05) is 0 Å². The lowest BCUT2D eigenvalue weighted by Gasteiger charge is -2.30. The van der Waals surface area contributed by atoms with E-state index in [-0.39, 0.29) is 30.6 Å². The topological polar surface area (TPSA) is 23.6 Å². The van der Waals surface area contributed by atoms with Gasteiger partial charge in [-0.25, -0.2) is 0 Å². The van der Waals surface area contributed by atoms with Crippen molar-refractivity contribution < 1.29 is 4.79 Å². The molecule has 2 fully saturated rings. The highest BCUT2D eigenvalue weighted by atomic mass is 35.5. The van der Waals surface area contributed by atoms with Crippen LogP contribution in [0.5, 0.6) is 0 Å². The van der Waals surface area contributed by atoms with E-state index in [1.165, 1.54) is 115 Å². The molecule has 0 N–H and O–H groups in total. The molecule has 5 rings (SSSR count). The lowest BCUT2D eigenvalue weighted by atomic mass is 9.98. The molecule has 0 saturated carbocycles. The number of aryl methyl sites for hydroxylation is 2. The smallest absolute Gasteiger partial charge is 0.194 e. The van der Waals surface area contributed by atoms with Gasteiger partial charge in [0.25, 0.3) is 0 Å². The zero-order chi connectivity index (χ0) is 26.3. The minimum atomic E-state index is 0. The zero-order valence-corrected chi connectivity index (χ0v) is 26.6. The van der Waals surface area contributed by atoms with Crippen LogP contribution in [-0.2, 0) is 12.8 Å². The van der Waals surface area contributed by atoms with Gasteiger partial charge in [-0.15, -0.1) is 24.8 Å². The molecule has 1 aliphatic carbocycles. The van der Waals surface area contributed by atoms with E-state index in [4.69, 9.17) is 0 Å². The van der Waals surface area contributed by atoms with E-state index in [1.54, 1.807) is 0 Å². The number of likely N-dealkylation sites (tertiary alicyclic amines) is 2. The molecule has 40 heavy (non-hydrogen) atoms. The maximum atomic E-state index is 13.3. The Labute approximate surface area is 256 Å². The number of ketones is 1. The van der Waals surface area contributed by atoms with Crippen LogP contribution >= 0.6 is 24.8 Å². The fourth-order valence-corrected chi connectivity index (χ4v) is 6.74. The summed E-state index contributed by atoms with van der Waals surface area (Å²) in [4.78, 5) is 18.6.